The number of fused-ring (bicyclic) bond motifs is 1. The highest BCUT2D eigenvalue weighted by atomic mass is 19.4. The van der Waals surface area contributed by atoms with Crippen LogP contribution in [-0.4, -0.2) is 25.2 Å². The summed E-state index contributed by atoms with van der Waals surface area (Å²) in [4.78, 5) is 12.0. The predicted octanol–water partition coefficient (Wildman–Crippen LogP) is 3.04. The summed E-state index contributed by atoms with van der Waals surface area (Å²) in [6.45, 7) is 0.821. The second kappa shape index (κ2) is 6.15. The number of amides is 1. The number of carbonyl (C=O) groups is 1. The van der Waals surface area contributed by atoms with Crippen molar-refractivity contribution < 1.29 is 18.0 Å². The van der Waals surface area contributed by atoms with Crippen molar-refractivity contribution in [3.63, 3.8) is 0 Å². The number of hydrogen-bond acceptors (Lipinski definition) is 2. The Morgan fingerprint density at radius 1 is 1.30 bits per heavy atom. The predicted molar refractivity (Wildman–Crippen MR) is 70.6 cm³/mol. The van der Waals surface area contributed by atoms with Gasteiger partial charge in [0.25, 0.3) is 0 Å². The van der Waals surface area contributed by atoms with Gasteiger partial charge >= 0.3 is 6.18 Å². The minimum atomic E-state index is -4.11. The highest BCUT2D eigenvalue weighted by molar-refractivity contribution is 5.88. The van der Waals surface area contributed by atoms with Crippen LogP contribution >= 0.6 is 0 Å². The number of benzene rings is 1. The summed E-state index contributed by atoms with van der Waals surface area (Å²) >= 11 is 0. The third-order valence-corrected chi connectivity index (χ3v) is 3.34. The van der Waals surface area contributed by atoms with Crippen LogP contribution in [0.5, 0.6) is 0 Å². The summed E-state index contributed by atoms with van der Waals surface area (Å²) in [5, 5.41) is 5.85. The smallest absolute Gasteiger partial charge is 0.384 e. The zero-order chi connectivity index (χ0) is 14.6. The van der Waals surface area contributed by atoms with E-state index in [0.717, 1.165) is 11.3 Å². The second-order valence-electron chi connectivity index (χ2n) is 4.88. The van der Waals surface area contributed by atoms with Gasteiger partial charge in [-0.3, -0.25) is 4.79 Å². The van der Waals surface area contributed by atoms with Gasteiger partial charge in [0.2, 0.25) is 5.91 Å². The Kier molecular flexibility index (Phi) is 4.52. The number of nitrogens with one attached hydrogen (secondary N) is 2. The number of halogens is 3. The maximum Gasteiger partial charge on any atom is 0.389 e. The molecular weight excluding hydrogens is 269 g/mol. The van der Waals surface area contributed by atoms with E-state index in [1.165, 1.54) is 0 Å². The minimum absolute atomic E-state index is 0.0449. The number of rotatable bonds is 5. The first-order valence-electron chi connectivity index (χ1n) is 6.64. The van der Waals surface area contributed by atoms with Crippen molar-refractivity contribution in [2.45, 2.75) is 31.4 Å². The van der Waals surface area contributed by atoms with Gasteiger partial charge in [-0.2, -0.15) is 13.2 Å². The van der Waals surface area contributed by atoms with E-state index in [1.807, 2.05) is 24.3 Å². The zero-order valence-electron chi connectivity index (χ0n) is 11.0. The lowest BCUT2D eigenvalue weighted by Gasteiger charge is -2.11. The Bertz CT molecular complexity index is 474. The van der Waals surface area contributed by atoms with Crippen LogP contribution in [0.25, 0.3) is 0 Å². The van der Waals surface area contributed by atoms with Gasteiger partial charge in [-0.1, -0.05) is 18.2 Å². The van der Waals surface area contributed by atoms with E-state index in [9.17, 15) is 18.0 Å². The average Bonchev–Trinajstić information content (AvgIpc) is 2.80. The van der Waals surface area contributed by atoms with E-state index in [0.29, 0.717) is 13.0 Å². The Hall–Kier alpha value is -1.72. The molecule has 110 valence electrons. The molecule has 0 saturated carbocycles. The Balaban J connectivity index is 1.74. The van der Waals surface area contributed by atoms with Crippen molar-refractivity contribution in [3.05, 3.63) is 29.8 Å². The molecule has 20 heavy (non-hydrogen) atoms. The standard InChI is InChI=1S/C14H17F3N2O/c15-14(16,17)7-3-4-8-18-13(20)11-9-19-12-6-2-1-5-10(11)12/h1-2,5-6,11,19H,3-4,7-9H2,(H,18,20). The molecular formula is C14H17F3N2O. The molecule has 1 amide bonds. The van der Waals surface area contributed by atoms with E-state index >= 15 is 0 Å². The van der Waals surface area contributed by atoms with Gasteiger partial charge in [-0.25, -0.2) is 0 Å². The number of carbonyl (C=O) groups excluding carboxylic acids is 1. The lowest BCUT2D eigenvalue weighted by molar-refractivity contribution is -0.135. The van der Waals surface area contributed by atoms with E-state index in [2.05, 4.69) is 10.6 Å². The lowest BCUT2D eigenvalue weighted by atomic mass is 10.0. The molecule has 1 aliphatic heterocycles. The lowest BCUT2D eigenvalue weighted by Crippen LogP contribution is -2.31. The molecule has 1 heterocycles. The Morgan fingerprint density at radius 3 is 2.80 bits per heavy atom. The molecule has 1 unspecified atom stereocenters. The molecule has 0 fully saturated rings. The first-order valence-corrected chi connectivity index (χ1v) is 6.64. The van der Waals surface area contributed by atoms with Crippen LogP contribution in [0.2, 0.25) is 0 Å². The average molecular weight is 286 g/mol. The van der Waals surface area contributed by atoms with E-state index in [1.54, 1.807) is 0 Å². The first-order chi connectivity index (χ1) is 9.47. The van der Waals surface area contributed by atoms with Crippen molar-refractivity contribution >= 4 is 11.6 Å². The van der Waals surface area contributed by atoms with Crippen LogP contribution in [0.1, 0.15) is 30.7 Å². The van der Waals surface area contributed by atoms with Crippen molar-refractivity contribution in [1.29, 1.82) is 0 Å². The van der Waals surface area contributed by atoms with Gasteiger partial charge in [0.15, 0.2) is 0 Å². The van der Waals surface area contributed by atoms with Crippen LogP contribution in [0.3, 0.4) is 0 Å². The molecule has 2 rings (SSSR count). The molecule has 0 aromatic heterocycles. The van der Waals surface area contributed by atoms with Gasteiger partial charge in [-0.05, 0) is 24.5 Å². The number of para-hydroxylation sites is 1. The highest BCUT2D eigenvalue weighted by Crippen LogP contribution is 2.30. The molecule has 1 aromatic rings. The van der Waals surface area contributed by atoms with Crippen molar-refractivity contribution in [2.75, 3.05) is 18.4 Å². The first kappa shape index (κ1) is 14.7. The van der Waals surface area contributed by atoms with Gasteiger partial charge < -0.3 is 10.6 Å². The molecule has 1 aromatic carbocycles. The van der Waals surface area contributed by atoms with Crippen LogP contribution in [0.15, 0.2) is 24.3 Å². The van der Waals surface area contributed by atoms with Crippen LogP contribution < -0.4 is 10.6 Å². The Labute approximate surface area is 115 Å². The van der Waals surface area contributed by atoms with Gasteiger partial charge in [-0.15, -0.1) is 0 Å². The fraction of sp³-hybridized carbons (Fsp3) is 0.500. The quantitative estimate of drug-likeness (QED) is 0.817. The molecule has 1 aliphatic rings. The van der Waals surface area contributed by atoms with E-state index < -0.39 is 12.6 Å². The van der Waals surface area contributed by atoms with Gasteiger partial charge in [0.05, 0.1) is 5.92 Å². The zero-order valence-corrected chi connectivity index (χ0v) is 11.0. The van der Waals surface area contributed by atoms with Crippen LogP contribution in [0.4, 0.5) is 18.9 Å². The van der Waals surface area contributed by atoms with Crippen LogP contribution in [-0.2, 0) is 4.79 Å². The molecule has 0 aliphatic carbocycles. The minimum Gasteiger partial charge on any atom is -0.384 e. The highest BCUT2D eigenvalue weighted by Gasteiger charge is 2.28. The topological polar surface area (TPSA) is 41.1 Å². The van der Waals surface area contributed by atoms with E-state index in [4.69, 9.17) is 0 Å². The summed E-state index contributed by atoms with van der Waals surface area (Å²) in [7, 11) is 0. The van der Waals surface area contributed by atoms with Gasteiger partial charge in [0.1, 0.15) is 0 Å². The monoisotopic (exact) mass is 286 g/mol. The van der Waals surface area contributed by atoms with Crippen LogP contribution in [0, 0.1) is 0 Å². The fourth-order valence-electron chi connectivity index (χ4n) is 2.30. The number of hydrogen-bond donors (Lipinski definition) is 2. The Morgan fingerprint density at radius 2 is 2.05 bits per heavy atom. The molecule has 3 nitrogen and oxygen atoms in total. The fourth-order valence-corrected chi connectivity index (χ4v) is 2.30. The molecule has 0 saturated heterocycles. The molecule has 0 spiro atoms. The third kappa shape index (κ3) is 3.88. The molecule has 1 atom stereocenters. The summed E-state index contributed by atoms with van der Waals surface area (Å²) in [6, 6.07) is 7.56. The van der Waals surface area contributed by atoms with Crippen molar-refractivity contribution in [3.8, 4) is 0 Å². The largest absolute Gasteiger partial charge is 0.389 e. The summed E-state index contributed by atoms with van der Waals surface area (Å²) in [5.41, 5.74) is 1.89. The molecule has 6 heteroatoms. The SMILES string of the molecule is O=C(NCCCCC(F)(F)F)C1CNc2ccccc21. The molecule has 0 bridgehead atoms. The van der Waals surface area contributed by atoms with Gasteiger partial charge in [0, 0.05) is 25.2 Å². The van der Waals surface area contributed by atoms with Crippen molar-refractivity contribution in [1.82, 2.24) is 5.32 Å². The summed E-state index contributed by atoms with van der Waals surface area (Å²) in [5.74, 6) is -0.386. The normalized spacial score (nSPS) is 17.4. The van der Waals surface area contributed by atoms with Crippen molar-refractivity contribution in [2.24, 2.45) is 0 Å². The second-order valence-corrected chi connectivity index (χ2v) is 4.88. The number of alkyl halides is 3. The maximum atomic E-state index is 12.0. The molecule has 2 N–H and O–H groups in total. The number of unbranched alkanes of at least 4 members (excludes halogenated alkanes) is 1. The number of anilines is 1. The third-order valence-electron chi connectivity index (χ3n) is 3.34. The summed E-state index contributed by atoms with van der Waals surface area (Å²) in [6.07, 6.45) is -4.52. The summed E-state index contributed by atoms with van der Waals surface area (Å²) < 4.78 is 35.9. The van der Waals surface area contributed by atoms with E-state index in [-0.39, 0.29) is 24.8 Å². The molecule has 0 radical (unpaired) electrons. The maximum absolute atomic E-state index is 12.0.